The number of hydrogen-bond acceptors (Lipinski definition) is 1. The Labute approximate surface area is 128 Å². The highest BCUT2D eigenvalue weighted by molar-refractivity contribution is 5.38. The van der Waals surface area contributed by atoms with Crippen LogP contribution in [-0.2, 0) is 12.8 Å². The van der Waals surface area contributed by atoms with Crippen molar-refractivity contribution in [2.75, 3.05) is 0 Å². The van der Waals surface area contributed by atoms with E-state index in [9.17, 15) is 5.11 Å². The molecule has 0 bridgehead atoms. The molecule has 1 nitrogen and oxygen atoms in total. The molecule has 1 N–H and O–H groups in total. The molecule has 1 heteroatoms. The Morgan fingerprint density at radius 2 is 1.48 bits per heavy atom. The molecule has 0 radical (unpaired) electrons. The molecule has 1 atom stereocenters. The van der Waals surface area contributed by atoms with Crippen LogP contribution >= 0.6 is 0 Å². The van der Waals surface area contributed by atoms with Gasteiger partial charge in [-0.25, -0.2) is 0 Å². The van der Waals surface area contributed by atoms with Gasteiger partial charge < -0.3 is 5.11 Å². The predicted octanol–water partition coefficient (Wildman–Crippen LogP) is 4.54. The van der Waals surface area contributed by atoms with Crippen LogP contribution < -0.4 is 0 Å². The molecule has 0 aliphatic rings. The van der Waals surface area contributed by atoms with Gasteiger partial charge in [0.2, 0.25) is 0 Å². The van der Waals surface area contributed by atoms with E-state index < -0.39 is 5.60 Å². The summed E-state index contributed by atoms with van der Waals surface area (Å²) in [6, 6.07) is 14.7. The largest absolute Gasteiger partial charge is 0.389 e. The molecule has 0 amide bonds. The average Bonchev–Trinajstić information content (AvgIpc) is 2.44. The molecular formula is C20H26O. The first-order valence-electron chi connectivity index (χ1n) is 7.76. The summed E-state index contributed by atoms with van der Waals surface area (Å²) in [5.74, 6) is 0. The molecule has 0 fully saturated rings. The zero-order chi connectivity index (χ0) is 15.5. The maximum absolute atomic E-state index is 11.0. The van der Waals surface area contributed by atoms with E-state index in [1.165, 1.54) is 27.8 Å². The lowest BCUT2D eigenvalue weighted by molar-refractivity contribution is 0.0365. The van der Waals surface area contributed by atoms with Gasteiger partial charge in [0, 0.05) is 12.8 Å². The molecule has 0 aromatic heterocycles. The first kappa shape index (κ1) is 15.8. The van der Waals surface area contributed by atoms with Gasteiger partial charge in [0.15, 0.2) is 0 Å². The van der Waals surface area contributed by atoms with Crippen molar-refractivity contribution >= 4 is 0 Å². The van der Waals surface area contributed by atoms with E-state index in [1.807, 2.05) is 18.2 Å². The molecule has 21 heavy (non-hydrogen) atoms. The molecular weight excluding hydrogens is 256 g/mol. The molecule has 1 unspecified atom stereocenters. The molecule has 0 saturated carbocycles. The van der Waals surface area contributed by atoms with Gasteiger partial charge >= 0.3 is 0 Å². The van der Waals surface area contributed by atoms with Crippen LogP contribution in [0.1, 0.15) is 41.2 Å². The standard InChI is InChI=1S/C20H26O/c1-5-20(21,13-18-9-7-6-8-10-18)14-19-16(3)11-15(2)12-17(19)4/h6-12,21H,5,13-14H2,1-4H3. The second-order valence-corrected chi connectivity index (χ2v) is 6.29. The summed E-state index contributed by atoms with van der Waals surface area (Å²) in [7, 11) is 0. The van der Waals surface area contributed by atoms with E-state index in [2.05, 4.69) is 52.0 Å². The molecule has 2 aromatic carbocycles. The number of rotatable bonds is 5. The van der Waals surface area contributed by atoms with Gasteiger partial charge in [-0.05, 0) is 49.4 Å². The molecule has 0 spiro atoms. The molecule has 0 heterocycles. The number of aryl methyl sites for hydroxylation is 3. The summed E-state index contributed by atoms with van der Waals surface area (Å²) in [6.45, 7) is 8.49. The lowest BCUT2D eigenvalue weighted by Gasteiger charge is -2.29. The zero-order valence-electron chi connectivity index (χ0n) is 13.6. The maximum Gasteiger partial charge on any atom is 0.0725 e. The second-order valence-electron chi connectivity index (χ2n) is 6.29. The third-order valence-corrected chi connectivity index (χ3v) is 4.38. The SMILES string of the molecule is CCC(O)(Cc1ccccc1)Cc1c(C)cc(C)cc1C. The first-order valence-corrected chi connectivity index (χ1v) is 7.76. The van der Waals surface area contributed by atoms with E-state index in [0.717, 1.165) is 12.8 Å². The average molecular weight is 282 g/mol. The lowest BCUT2D eigenvalue weighted by atomic mass is 9.83. The fraction of sp³-hybridized carbons (Fsp3) is 0.400. The summed E-state index contributed by atoms with van der Waals surface area (Å²) in [5, 5.41) is 11.0. The first-order chi connectivity index (χ1) is 9.93. The van der Waals surface area contributed by atoms with Gasteiger partial charge in [-0.1, -0.05) is 55.0 Å². The van der Waals surface area contributed by atoms with Crippen LogP contribution in [0.3, 0.4) is 0 Å². The molecule has 2 rings (SSSR count). The van der Waals surface area contributed by atoms with Crippen molar-refractivity contribution in [3.63, 3.8) is 0 Å². The summed E-state index contributed by atoms with van der Waals surface area (Å²) in [4.78, 5) is 0. The van der Waals surface area contributed by atoms with E-state index >= 15 is 0 Å². The third kappa shape index (κ3) is 3.95. The highest BCUT2D eigenvalue weighted by Crippen LogP contribution is 2.27. The molecule has 2 aromatic rings. The fourth-order valence-corrected chi connectivity index (χ4v) is 3.11. The van der Waals surface area contributed by atoms with Crippen LogP contribution in [0, 0.1) is 20.8 Å². The van der Waals surface area contributed by atoms with Gasteiger partial charge in [-0.2, -0.15) is 0 Å². The van der Waals surface area contributed by atoms with Crippen LogP contribution in [0.25, 0.3) is 0 Å². The summed E-state index contributed by atoms with van der Waals surface area (Å²) < 4.78 is 0. The zero-order valence-corrected chi connectivity index (χ0v) is 13.6. The van der Waals surface area contributed by atoms with Gasteiger partial charge in [0.25, 0.3) is 0 Å². The highest BCUT2D eigenvalue weighted by atomic mass is 16.3. The van der Waals surface area contributed by atoms with E-state index in [4.69, 9.17) is 0 Å². The summed E-state index contributed by atoms with van der Waals surface area (Å²) in [5.41, 5.74) is 5.67. The van der Waals surface area contributed by atoms with Crippen molar-refractivity contribution in [3.05, 3.63) is 70.3 Å². The molecule has 0 aliphatic carbocycles. The molecule has 0 aliphatic heterocycles. The number of aliphatic hydroxyl groups is 1. The fourth-order valence-electron chi connectivity index (χ4n) is 3.11. The molecule has 0 saturated heterocycles. The normalized spacial score (nSPS) is 14.0. The van der Waals surface area contributed by atoms with E-state index in [0.29, 0.717) is 6.42 Å². The van der Waals surface area contributed by atoms with Crippen molar-refractivity contribution < 1.29 is 5.11 Å². The van der Waals surface area contributed by atoms with Gasteiger partial charge in [-0.15, -0.1) is 0 Å². The second kappa shape index (κ2) is 6.44. The highest BCUT2D eigenvalue weighted by Gasteiger charge is 2.27. The van der Waals surface area contributed by atoms with Gasteiger partial charge in [-0.3, -0.25) is 0 Å². The Hall–Kier alpha value is -1.60. The minimum atomic E-state index is -0.674. The van der Waals surface area contributed by atoms with Crippen LogP contribution in [0.5, 0.6) is 0 Å². The maximum atomic E-state index is 11.0. The van der Waals surface area contributed by atoms with Crippen molar-refractivity contribution in [1.82, 2.24) is 0 Å². The van der Waals surface area contributed by atoms with Crippen LogP contribution in [0.2, 0.25) is 0 Å². The van der Waals surface area contributed by atoms with E-state index in [-0.39, 0.29) is 0 Å². The summed E-state index contributed by atoms with van der Waals surface area (Å²) in [6.07, 6.45) is 2.18. The van der Waals surface area contributed by atoms with Crippen molar-refractivity contribution in [1.29, 1.82) is 0 Å². The number of hydrogen-bond donors (Lipinski definition) is 1. The lowest BCUT2D eigenvalue weighted by Crippen LogP contribution is -2.34. The van der Waals surface area contributed by atoms with Gasteiger partial charge in [0.05, 0.1) is 5.60 Å². The predicted molar refractivity (Wildman–Crippen MR) is 89.7 cm³/mol. The Kier molecular flexibility index (Phi) is 4.84. The number of benzene rings is 2. The van der Waals surface area contributed by atoms with Crippen molar-refractivity contribution in [2.24, 2.45) is 0 Å². The third-order valence-electron chi connectivity index (χ3n) is 4.38. The Morgan fingerprint density at radius 3 is 2.00 bits per heavy atom. The summed E-state index contributed by atoms with van der Waals surface area (Å²) >= 11 is 0. The monoisotopic (exact) mass is 282 g/mol. The van der Waals surface area contributed by atoms with Crippen LogP contribution in [0.15, 0.2) is 42.5 Å². The Balaban J connectivity index is 2.26. The van der Waals surface area contributed by atoms with Crippen molar-refractivity contribution in [2.45, 2.75) is 52.6 Å². The quantitative estimate of drug-likeness (QED) is 0.853. The minimum Gasteiger partial charge on any atom is -0.389 e. The smallest absolute Gasteiger partial charge is 0.0725 e. The van der Waals surface area contributed by atoms with Gasteiger partial charge in [0.1, 0.15) is 0 Å². The van der Waals surface area contributed by atoms with Crippen LogP contribution in [0.4, 0.5) is 0 Å². The van der Waals surface area contributed by atoms with E-state index in [1.54, 1.807) is 0 Å². The molecule has 112 valence electrons. The van der Waals surface area contributed by atoms with Crippen molar-refractivity contribution in [3.8, 4) is 0 Å². The Morgan fingerprint density at radius 1 is 0.905 bits per heavy atom. The van der Waals surface area contributed by atoms with Crippen LogP contribution in [-0.4, -0.2) is 10.7 Å². The Bertz CT molecular complexity index is 577. The topological polar surface area (TPSA) is 20.2 Å². The minimum absolute atomic E-state index is 0.674.